The number of hydrogen-bond acceptors (Lipinski definition) is 3. The Balaban J connectivity index is 2.23. The highest BCUT2D eigenvalue weighted by atomic mass is 35.5. The third-order valence-corrected chi connectivity index (χ3v) is 3.18. The van der Waals surface area contributed by atoms with Crippen molar-refractivity contribution in [1.29, 1.82) is 0 Å². The fourth-order valence-corrected chi connectivity index (χ4v) is 2.02. The quantitative estimate of drug-likeness (QED) is 0.860. The van der Waals surface area contributed by atoms with Crippen molar-refractivity contribution in [2.24, 2.45) is 0 Å². The van der Waals surface area contributed by atoms with Crippen LogP contribution in [0.15, 0.2) is 12.3 Å². The van der Waals surface area contributed by atoms with E-state index in [9.17, 15) is 5.11 Å². The molecule has 0 aliphatic heterocycles. The Bertz CT molecular complexity index is 366. The third kappa shape index (κ3) is 2.47. The van der Waals surface area contributed by atoms with Crippen LogP contribution in [0.2, 0.25) is 5.02 Å². The van der Waals surface area contributed by atoms with Gasteiger partial charge in [0.05, 0.1) is 11.6 Å². The molecule has 0 unspecified atom stereocenters. The van der Waals surface area contributed by atoms with Gasteiger partial charge < -0.3 is 10.0 Å². The maximum absolute atomic E-state index is 9.18. The van der Waals surface area contributed by atoms with Crippen molar-refractivity contribution in [1.82, 2.24) is 4.98 Å². The van der Waals surface area contributed by atoms with E-state index in [0.29, 0.717) is 11.1 Å². The summed E-state index contributed by atoms with van der Waals surface area (Å²) in [4.78, 5) is 6.66. The Morgan fingerprint density at radius 1 is 1.56 bits per heavy atom. The number of aliphatic hydroxyl groups is 1. The smallest absolute Gasteiger partial charge is 0.129 e. The molecule has 3 nitrogen and oxygen atoms in total. The first-order valence-corrected chi connectivity index (χ1v) is 6.16. The topological polar surface area (TPSA) is 36.4 Å². The van der Waals surface area contributed by atoms with Crippen LogP contribution in [0.4, 0.5) is 5.82 Å². The molecule has 1 aromatic rings. The summed E-state index contributed by atoms with van der Waals surface area (Å²) in [6.07, 6.45) is 5.24. The molecular formula is C12H17ClN2O. The van der Waals surface area contributed by atoms with Gasteiger partial charge in [-0.2, -0.15) is 0 Å². The average molecular weight is 241 g/mol. The summed E-state index contributed by atoms with van der Waals surface area (Å²) in [6, 6.07) is 2.54. The number of aliphatic hydroxyl groups excluding tert-OH is 1. The molecule has 2 rings (SSSR count). The number of anilines is 1. The van der Waals surface area contributed by atoms with Crippen LogP contribution < -0.4 is 4.90 Å². The van der Waals surface area contributed by atoms with Crippen LogP contribution in [0.3, 0.4) is 0 Å². The first-order chi connectivity index (χ1) is 7.76. The minimum Gasteiger partial charge on any atom is -0.392 e. The van der Waals surface area contributed by atoms with Crippen LogP contribution in [0.5, 0.6) is 0 Å². The minimum atomic E-state index is -0.0288. The van der Waals surface area contributed by atoms with Crippen LogP contribution in [-0.4, -0.2) is 22.7 Å². The van der Waals surface area contributed by atoms with E-state index in [0.717, 1.165) is 24.3 Å². The number of aromatic nitrogens is 1. The molecule has 1 heterocycles. The van der Waals surface area contributed by atoms with Crippen LogP contribution >= 0.6 is 11.6 Å². The van der Waals surface area contributed by atoms with Gasteiger partial charge in [-0.25, -0.2) is 4.98 Å². The molecule has 0 bridgehead atoms. The lowest BCUT2D eigenvalue weighted by Crippen LogP contribution is -2.27. The van der Waals surface area contributed by atoms with Crippen molar-refractivity contribution in [3.05, 3.63) is 22.8 Å². The number of nitrogens with zero attached hydrogens (tertiary/aromatic N) is 2. The second-order valence-electron chi connectivity index (χ2n) is 4.22. The first kappa shape index (κ1) is 11.7. The second-order valence-corrected chi connectivity index (χ2v) is 4.62. The standard InChI is InChI=1S/C12H17ClN2O/c1-2-5-15(10-3-4-10)12-6-9(8-16)11(13)7-14-12/h6-7,10,16H,2-5,8H2,1H3. The summed E-state index contributed by atoms with van der Waals surface area (Å²) in [5.41, 5.74) is 0.758. The van der Waals surface area contributed by atoms with Crippen LogP contribution in [0.1, 0.15) is 31.7 Å². The van der Waals surface area contributed by atoms with Gasteiger partial charge in [0.25, 0.3) is 0 Å². The summed E-state index contributed by atoms with van der Waals surface area (Å²) < 4.78 is 0. The second kappa shape index (κ2) is 5.02. The van der Waals surface area contributed by atoms with Crippen molar-refractivity contribution in [3.8, 4) is 0 Å². The van der Waals surface area contributed by atoms with Crippen LogP contribution in [0, 0.1) is 0 Å². The fourth-order valence-electron chi connectivity index (χ4n) is 1.86. The highest BCUT2D eigenvalue weighted by molar-refractivity contribution is 6.31. The molecule has 1 aliphatic rings. The van der Waals surface area contributed by atoms with Crippen molar-refractivity contribution in [2.45, 2.75) is 38.8 Å². The predicted octanol–water partition coefficient (Wildman–Crippen LogP) is 2.61. The summed E-state index contributed by atoms with van der Waals surface area (Å²) >= 11 is 5.93. The highest BCUT2D eigenvalue weighted by Gasteiger charge is 2.29. The summed E-state index contributed by atoms with van der Waals surface area (Å²) in [6.45, 7) is 3.15. The van der Waals surface area contributed by atoms with E-state index in [4.69, 9.17) is 11.6 Å². The third-order valence-electron chi connectivity index (χ3n) is 2.84. The molecule has 1 saturated carbocycles. The molecule has 1 aromatic heterocycles. The van der Waals surface area contributed by atoms with E-state index in [1.54, 1.807) is 6.20 Å². The number of rotatable bonds is 5. The predicted molar refractivity (Wildman–Crippen MR) is 65.8 cm³/mol. The molecule has 1 fully saturated rings. The van der Waals surface area contributed by atoms with E-state index in [1.165, 1.54) is 12.8 Å². The van der Waals surface area contributed by atoms with Crippen LogP contribution in [0.25, 0.3) is 0 Å². The number of hydrogen-bond donors (Lipinski definition) is 1. The van der Waals surface area contributed by atoms with E-state index < -0.39 is 0 Å². The molecule has 1 N–H and O–H groups in total. The van der Waals surface area contributed by atoms with Crippen molar-refractivity contribution >= 4 is 17.4 Å². The van der Waals surface area contributed by atoms with E-state index >= 15 is 0 Å². The molecule has 0 radical (unpaired) electrons. The van der Waals surface area contributed by atoms with Gasteiger partial charge in [0.15, 0.2) is 0 Å². The van der Waals surface area contributed by atoms with E-state index in [-0.39, 0.29) is 6.61 Å². The van der Waals surface area contributed by atoms with Gasteiger partial charge in [-0.3, -0.25) is 0 Å². The number of pyridine rings is 1. The van der Waals surface area contributed by atoms with Gasteiger partial charge >= 0.3 is 0 Å². The molecule has 88 valence electrons. The molecule has 0 spiro atoms. The Morgan fingerprint density at radius 2 is 2.31 bits per heavy atom. The summed E-state index contributed by atoms with van der Waals surface area (Å²) in [5.74, 6) is 0.942. The summed E-state index contributed by atoms with van der Waals surface area (Å²) in [7, 11) is 0. The van der Waals surface area contributed by atoms with E-state index in [2.05, 4.69) is 16.8 Å². The largest absolute Gasteiger partial charge is 0.392 e. The molecule has 0 aromatic carbocycles. The maximum atomic E-state index is 9.18. The molecule has 16 heavy (non-hydrogen) atoms. The van der Waals surface area contributed by atoms with Gasteiger partial charge in [0, 0.05) is 24.3 Å². The zero-order valence-electron chi connectivity index (χ0n) is 9.49. The van der Waals surface area contributed by atoms with Crippen molar-refractivity contribution in [2.75, 3.05) is 11.4 Å². The first-order valence-electron chi connectivity index (χ1n) is 5.78. The molecule has 0 amide bonds. The Labute approximate surface area is 101 Å². The Hall–Kier alpha value is -0.800. The van der Waals surface area contributed by atoms with Gasteiger partial charge in [0.1, 0.15) is 5.82 Å². The molecular weight excluding hydrogens is 224 g/mol. The summed E-state index contributed by atoms with van der Waals surface area (Å²) in [5, 5.41) is 9.72. The lowest BCUT2D eigenvalue weighted by atomic mass is 10.2. The Kier molecular flexibility index (Phi) is 3.66. The lowest BCUT2D eigenvalue weighted by molar-refractivity contribution is 0.282. The van der Waals surface area contributed by atoms with Gasteiger partial charge in [-0.1, -0.05) is 18.5 Å². The molecule has 0 saturated heterocycles. The van der Waals surface area contributed by atoms with E-state index in [1.807, 2.05) is 6.07 Å². The lowest BCUT2D eigenvalue weighted by Gasteiger charge is -2.23. The molecule has 0 atom stereocenters. The van der Waals surface area contributed by atoms with Gasteiger partial charge in [-0.05, 0) is 25.3 Å². The fraction of sp³-hybridized carbons (Fsp3) is 0.583. The Morgan fingerprint density at radius 3 is 2.88 bits per heavy atom. The van der Waals surface area contributed by atoms with Crippen molar-refractivity contribution in [3.63, 3.8) is 0 Å². The average Bonchev–Trinajstić information content (AvgIpc) is 3.11. The zero-order valence-corrected chi connectivity index (χ0v) is 10.2. The van der Waals surface area contributed by atoms with Crippen LogP contribution in [-0.2, 0) is 6.61 Å². The van der Waals surface area contributed by atoms with Gasteiger partial charge in [0.2, 0.25) is 0 Å². The maximum Gasteiger partial charge on any atom is 0.129 e. The monoisotopic (exact) mass is 240 g/mol. The number of halogens is 1. The normalized spacial score (nSPS) is 15.2. The highest BCUT2D eigenvalue weighted by Crippen LogP contribution is 2.32. The zero-order chi connectivity index (χ0) is 11.5. The minimum absolute atomic E-state index is 0.0288. The SMILES string of the molecule is CCCN(c1cc(CO)c(Cl)cn1)C1CC1. The van der Waals surface area contributed by atoms with Crippen molar-refractivity contribution < 1.29 is 5.11 Å². The molecule has 1 aliphatic carbocycles. The molecule has 4 heteroatoms. The van der Waals surface area contributed by atoms with Gasteiger partial charge in [-0.15, -0.1) is 0 Å².